The van der Waals surface area contributed by atoms with Crippen molar-refractivity contribution in [2.45, 2.75) is 74.3 Å². The topological polar surface area (TPSA) is 94.2 Å². The van der Waals surface area contributed by atoms with E-state index in [0.29, 0.717) is 38.5 Å². The van der Waals surface area contributed by atoms with Crippen molar-refractivity contribution < 1.29 is 27.4 Å². The summed E-state index contributed by atoms with van der Waals surface area (Å²) in [6.07, 6.45) is 6.00. The third kappa shape index (κ3) is 5.06. The fourth-order valence-electron chi connectivity index (χ4n) is 5.72. The number of sulfonamides is 1. The number of rotatable bonds is 3. The molecule has 4 aliphatic heterocycles. The van der Waals surface area contributed by atoms with E-state index in [1.807, 2.05) is 18.2 Å². The number of piperidine rings is 1. The number of fused-ring (bicyclic) bond motifs is 5. The van der Waals surface area contributed by atoms with Gasteiger partial charge in [0.05, 0.1) is 25.4 Å². The highest BCUT2D eigenvalue weighted by molar-refractivity contribution is 7.90. The van der Waals surface area contributed by atoms with Crippen LogP contribution in [0.3, 0.4) is 0 Å². The lowest BCUT2D eigenvalue weighted by atomic mass is 9.82. The van der Waals surface area contributed by atoms with E-state index >= 15 is 0 Å². The second-order valence-corrected chi connectivity index (χ2v) is 11.7. The second-order valence-electron chi connectivity index (χ2n) is 9.69. The minimum atomic E-state index is -3.53. The smallest absolute Gasteiger partial charge is 0.260 e. The van der Waals surface area contributed by atoms with Crippen molar-refractivity contribution in [2.75, 3.05) is 33.0 Å². The van der Waals surface area contributed by atoms with Gasteiger partial charge in [0.1, 0.15) is 11.0 Å². The molecule has 33 heavy (non-hydrogen) atoms. The summed E-state index contributed by atoms with van der Waals surface area (Å²) in [4.78, 5) is 15.0. The quantitative estimate of drug-likeness (QED) is 0.716. The Morgan fingerprint density at radius 2 is 1.82 bits per heavy atom. The Morgan fingerprint density at radius 3 is 2.61 bits per heavy atom. The molecule has 6 rings (SSSR count). The molecule has 182 valence electrons. The predicted octanol–water partition coefficient (Wildman–Crippen LogP) is 2.19. The molecule has 1 aromatic carbocycles. The van der Waals surface area contributed by atoms with Crippen LogP contribution in [-0.4, -0.2) is 75.6 Å². The van der Waals surface area contributed by atoms with Gasteiger partial charge in [-0.1, -0.05) is 18.2 Å². The third-order valence-electron chi connectivity index (χ3n) is 7.63. The van der Waals surface area contributed by atoms with Gasteiger partial charge in [-0.2, -0.15) is 0 Å². The van der Waals surface area contributed by atoms with Crippen molar-refractivity contribution in [1.82, 2.24) is 9.62 Å². The Hall–Kier alpha value is -1.68. The van der Waals surface area contributed by atoms with Crippen molar-refractivity contribution in [3.63, 3.8) is 0 Å². The van der Waals surface area contributed by atoms with Gasteiger partial charge < -0.3 is 19.1 Å². The van der Waals surface area contributed by atoms with E-state index in [-0.39, 0.29) is 37.3 Å². The average molecular weight is 479 g/mol. The zero-order chi connectivity index (χ0) is 22.8. The van der Waals surface area contributed by atoms with Crippen LogP contribution in [0.5, 0.6) is 5.75 Å². The Kier molecular flexibility index (Phi) is 6.92. The maximum absolute atomic E-state index is 13.3. The molecule has 1 unspecified atom stereocenters. The van der Waals surface area contributed by atoms with Crippen LogP contribution < -0.4 is 9.46 Å². The van der Waals surface area contributed by atoms with Crippen LogP contribution in [0.2, 0.25) is 0 Å². The maximum atomic E-state index is 13.3. The molecule has 4 heterocycles. The Bertz CT molecular complexity index is 940. The molecule has 0 spiro atoms. The monoisotopic (exact) mass is 478 g/mol. The van der Waals surface area contributed by atoms with Crippen LogP contribution in [0.1, 0.15) is 56.4 Å². The molecule has 1 amide bonds. The molecule has 3 fully saturated rings. The summed E-state index contributed by atoms with van der Waals surface area (Å²) in [5.41, 5.74) is 1.17. The van der Waals surface area contributed by atoms with Gasteiger partial charge in [-0.15, -0.1) is 0 Å². The molecule has 2 saturated heterocycles. The second kappa shape index (κ2) is 9.90. The summed E-state index contributed by atoms with van der Waals surface area (Å²) in [6.45, 7) is 1.55. The molecule has 8 nitrogen and oxygen atoms in total. The normalized spacial score (nSPS) is 33.3. The SMILES string of the molecule is O=C1COc2ccccc2C2CCC(CC2)OCC2[C@@H](NS(=O)(=O)[C@H]3CCOC3)CCCN12. The zero-order valence-electron chi connectivity index (χ0n) is 19.0. The Labute approximate surface area is 196 Å². The highest BCUT2D eigenvalue weighted by Gasteiger charge is 2.40. The highest BCUT2D eigenvalue weighted by atomic mass is 32.2. The number of ether oxygens (including phenoxy) is 3. The summed E-state index contributed by atoms with van der Waals surface area (Å²) in [6, 6.07) is 7.29. The van der Waals surface area contributed by atoms with Gasteiger partial charge in [-0.25, -0.2) is 13.1 Å². The number of nitrogens with zero attached hydrogens (tertiary/aromatic N) is 1. The molecular weight excluding hydrogens is 444 g/mol. The summed E-state index contributed by atoms with van der Waals surface area (Å²) >= 11 is 0. The first-order valence-corrected chi connectivity index (χ1v) is 13.8. The summed E-state index contributed by atoms with van der Waals surface area (Å²) in [5, 5.41) is -0.533. The molecule has 5 aliphatic rings. The van der Waals surface area contributed by atoms with Crippen molar-refractivity contribution in [1.29, 1.82) is 0 Å². The minimum Gasteiger partial charge on any atom is -0.483 e. The van der Waals surface area contributed by atoms with Gasteiger partial charge in [0, 0.05) is 19.2 Å². The van der Waals surface area contributed by atoms with Crippen molar-refractivity contribution in [3.05, 3.63) is 29.8 Å². The standard InChI is InChI=1S/C24H34N2O6S/c27-24-16-32-23-6-2-1-4-20(23)17-7-9-18(10-8-17)31-15-22-21(5-3-12-26(22)24)25-33(28,29)19-11-13-30-14-19/h1-2,4,6,17-19,21-22,25H,3,5,7-16H2/t17?,18?,19-,21-,22?/m0/s1. The van der Waals surface area contributed by atoms with Gasteiger partial charge >= 0.3 is 0 Å². The number of carbonyl (C=O) groups excluding carboxylic acids is 1. The van der Waals surface area contributed by atoms with Crippen LogP contribution in [0.25, 0.3) is 0 Å². The van der Waals surface area contributed by atoms with E-state index in [4.69, 9.17) is 14.2 Å². The minimum absolute atomic E-state index is 0.0560. The number of hydrogen-bond donors (Lipinski definition) is 1. The van der Waals surface area contributed by atoms with E-state index in [1.165, 1.54) is 5.56 Å². The summed E-state index contributed by atoms with van der Waals surface area (Å²) < 4.78 is 46.5. The van der Waals surface area contributed by atoms with Crippen molar-refractivity contribution in [2.24, 2.45) is 0 Å². The van der Waals surface area contributed by atoms with E-state index in [0.717, 1.165) is 37.9 Å². The molecule has 1 N–H and O–H groups in total. The third-order valence-corrected chi connectivity index (χ3v) is 9.51. The highest BCUT2D eigenvalue weighted by Crippen LogP contribution is 2.39. The van der Waals surface area contributed by atoms with Gasteiger partial charge in [0.2, 0.25) is 10.0 Å². The largest absolute Gasteiger partial charge is 0.483 e. The molecular formula is C24H34N2O6S. The van der Waals surface area contributed by atoms with Gasteiger partial charge in [0.25, 0.3) is 5.91 Å². The van der Waals surface area contributed by atoms with Crippen molar-refractivity contribution in [3.8, 4) is 5.75 Å². The molecule has 3 atom stereocenters. The Morgan fingerprint density at radius 1 is 1.00 bits per heavy atom. The van der Waals surface area contributed by atoms with Crippen LogP contribution in [0, 0.1) is 0 Å². The molecule has 1 aromatic rings. The van der Waals surface area contributed by atoms with Crippen LogP contribution in [0.15, 0.2) is 24.3 Å². The van der Waals surface area contributed by atoms with E-state index in [9.17, 15) is 13.2 Å². The number of nitrogens with one attached hydrogen (secondary N) is 1. The van der Waals surface area contributed by atoms with E-state index in [2.05, 4.69) is 10.8 Å². The lowest BCUT2D eigenvalue weighted by molar-refractivity contribution is -0.140. The van der Waals surface area contributed by atoms with Gasteiger partial charge in [-0.05, 0) is 62.5 Å². The molecule has 9 heteroatoms. The number of hydrogen-bond acceptors (Lipinski definition) is 6. The predicted molar refractivity (Wildman–Crippen MR) is 123 cm³/mol. The van der Waals surface area contributed by atoms with Crippen LogP contribution in [0.4, 0.5) is 0 Å². The zero-order valence-corrected chi connectivity index (χ0v) is 19.8. The lowest BCUT2D eigenvalue weighted by Gasteiger charge is -2.42. The number of amides is 1. The lowest BCUT2D eigenvalue weighted by Crippen LogP contribution is -2.60. The molecule has 1 aliphatic carbocycles. The first-order valence-electron chi connectivity index (χ1n) is 12.2. The molecule has 1 saturated carbocycles. The molecule has 0 aromatic heterocycles. The number of carbonyl (C=O) groups is 1. The fraction of sp³-hybridized carbons (Fsp3) is 0.708. The average Bonchev–Trinajstić information content (AvgIpc) is 3.38. The van der Waals surface area contributed by atoms with Crippen LogP contribution >= 0.6 is 0 Å². The van der Waals surface area contributed by atoms with Gasteiger partial charge in [0.15, 0.2) is 6.61 Å². The van der Waals surface area contributed by atoms with Gasteiger partial charge in [-0.3, -0.25) is 4.79 Å². The van der Waals surface area contributed by atoms with Crippen LogP contribution in [-0.2, 0) is 24.3 Å². The van der Waals surface area contributed by atoms with E-state index in [1.54, 1.807) is 4.90 Å². The molecule has 2 bridgehead atoms. The first kappa shape index (κ1) is 23.1. The summed E-state index contributed by atoms with van der Waals surface area (Å²) in [5.74, 6) is 1.06. The number of benzene rings is 1. The molecule has 0 radical (unpaired) electrons. The fourth-order valence-corrected chi connectivity index (χ4v) is 7.29. The maximum Gasteiger partial charge on any atom is 0.260 e. The summed E-state index contributed by atoms with van der Waals surface area (Å²) in [7, 11) is -3.53. The number of para-hydroxylation sites is 1. The first-order chi connectivity index (χ1) is 16.0. The van der Waals surface area contributed by atoms with Crippen molar-refractivity contribution >= 4 is 15.9 Å². The van der Waals surface area contributed by atoms with E-state index < -0.39 is 15.3 Å². The Balaban J connectivity index is 1.38.